The molecule has 1 amide bonds. The third kappa shape index (κ3) is 2.57. The Morgan fingerprint density at radius 3 is 2.46 bits per heavy atom. The number of hydrogen-bond acceptors (Lipinski definition) is 3. The number of nitrogens with zero attached hydrogens (tertiary/aromatic N) is 2. The van der Waals surface area contributed by atoms with Gasteiger partial charge in [-0.15, -0.1) is 0 Å². The summed E-state index contributed by atoms with van der Waals surface area (Å²) in [6, 6.07) is 3.44. The van der Waals surface area contributed by atoms with E-state index in [1.54, 1.807) is 16.8 Å². The first kappa shape index (κ1) is 16.5. The van der Waals surface area contributed by atoms with E-state index in [0.717, 1.165) is 27.6 Å². The molecule has 0 saturated carbocycles. The van der Waals surface area contributed by atoms with Gasteiger partial charge in [0.15, 0.2) is 0 Å². The number of aromatic amines is 1. The fraction of sp³-hybridized carbons (Fsp3) is 0.444. The van der Waals surface area contributed by atoms with E-state index in [1.807, 2.05) is 26.8 Å². The molecule has 1 aliphatic rings. The second kappa shape index (κ2) is 5.94. The lowest BCUT2D eigenvalue weighted by atomic mass is 10.0. The number of benzene rings is 1. The van der Waals surface area contributed by atoms with Gasteiger partial charge >= 0.3 is 5.97 Å². The Kier molecular flexibility index (Phi) is 4.09. The average molecular weight is 329 g/mol. The van der Waals surface area contributed by atoms with Gasteiger partial charge in [-0.25, -0.2) is 0 Å². The Morgan fingerprint density at radius 1 is 1.17 bits per heavy atom. The highest BCUT2D eigenvalue weighted by Gasteiger charge is 2.33. The van der Waals surface area contributed by atoms with Gasteiger partial charge in [0.25, 0.3) is 5.91 Å². The molecule has 1 fully saturated rings. The maximum Gasteiger partial charge on any atom is 0.322 e. The van der Waals surface area contributed by atoms with Gasteiger partial charge in [0.2, 0.25) is 0 Å². The normalized spacial score (nSPS) is 19.0. The number of fused-ring (bicyclic) bond motifs is 1. The lowest BCUT2D eigenvalue weighted by Gasteiger charge is -2.37. The van der Waals surface area contributed by atoms with Crippen molar-refractivity contribution in [3.05, 3.63) is 34.5 Å². The number of carbonyl (C=O) groups is 2. The summed E-state index contributed by atoms with van der Waals surface area (Å²) < 4.78 is 0. The number of nitrogens with one attached hydrogen (secondary N) is 1. The van der Waals surface area contributed by atoms with E-state index in [2.05, 4.69) is 11.1 Å². The van der Waals surface area contributed by atoms with E-state index in [-0.39, 0.29) is 12.5 Å². The predicted molar refractivity (Wildman–Crippen MR) is 92.5 cm³/mol. The molecule has 3 rings (SSSR count). The molecule has 1 saturated heterocycles. The number of hydrogen-bond donors (Lipinski definition) is 2. The zero-order valence-corrected chi connectivity index (χ0v) is 14.5. The number of amides is 1. The number of aliphatic carboxylic acids is 1. The molecule has 0 radical (unpaired) electrons. The number of likely N-dealkylation sites (N-methyl/N-ethyl adjacent to an activating group) is 1. The molecule has 0 aliphatic carbocycles. The second-order valence-electron chi connectivity index (χ2n) is 6.66. The third-order valence-electron chi connectivity index (χ3n) is 5.06. The third-order valence-corrected chi connectivity index (χ3v) is 5.06. The number of carboxylic acids is 1. The fourth-order valence-electron chi connectivity index (χ4n) is 3.50. The van der Waals surface area contributed by atoms with Gasteiger partial charge in [-0.1, -0.05) is 12.1 Å². The fourth-order valence-corrected chi connectivity index (χ4v) is 3.50. The van der Waals surface area contributed by atoms with Crippen LogP contribution < -0.4 is 0 Å². The van der Waals surface area contributed by atoms with E-state index in [9.17, 15) is 14.7 Å². The summed E-state index contributed by atoms with van der Waals surface area (Å²) in [7, 11) is 1.78. The van der Waals surface area contributed by atoms with E-state index < -0.39 is 12.0 Å². The van der Waals surface area contributed by atoms with Gasteiger partial charge < -0.3 is 15.0 Å². The van der Waals surface area contributed by atoms with Crippen LogP contribution >= 0.6 is 0 Å². The van der Waals surface area contributed by atoms with Crippen molar-refractivity contribution in [1.82, 2.24) is 14.8 Å². The first-order valence-electron chi connectivity index (χ1n) is 8.12. The van der Waals surface area contributed by atoms with E-state index in [1.165, 1.54) is 0 Å². The monoisotopic (exact) mass is 329 g/mol. The SMILES string of the molecule is Cc1ccc(C)c2c(C)c(C(=O)N3CCN(C)C(C(=O)O)C3)[nH]c12. The topological polar surface area (TPSA) is 76.6 Å². The van der Waals surface area contributed by atoms with Crippen LogP contribution in [0.2, 0.25) is 0 Å². The van der Waals surface area contributed by atoms with E-state index in [4.69, 9.17) is 0 Å². The molecule has 1 atom stereocenters. The molecule has 6 nitrogen and oxygen atoms in total. The highest BCUT2D eigenvalue weighted by Crippen LogP contribution is 2.28. The summed E-state index contributed by atoms with van der Waals surface area (Å²) in [6.45, 7) is 7.29. The van der Waals surface area contributed by atoms with Crippen LogP contribution in [-0.4, -0.2) is 64.5 Å². The number of piperazine rings is 1. The quantitative estimate of drug-likeness (QED) is 0.883. The van der Waals surface area contributed by atoms with Crippen LogP contribution in [-0.2, 0) is 4.79 Å². The van der Waals surface area contributed by atoms with Gasteiger partial charge in [-0.3, -0.25) is 14.5 Å². The molecule has 0 spiro atoms. The lowest BCUT2D eigenvalue weighted by molar-refractivity contribution is -0.144. The Bertz CT molecular complexity index is 825. The zero-order chi connectivity index (χ0) is 17.6. The minimum absolute atomic E-state index is 0.123. The van der Waals surface area contributed by atoms with Crippen molar-refractivity contribution in [3.63, 3.8) is 0 Å². The van der Waals surface area contributed by atoms with Crippen LogP contribution in [0, 0.1) is 20.8 Å². The number of carboxylic acid groups (broad SMARTS) is 1. The molecule has 1 unspecified atom stereocenters. The molecule has 2 heterocycles. The molecule has 0 bridgehead atoms. The molecule has 6 heteroatoms. The van der Waals surface area contributed by atoms with Crippen molar-refractivity contribution in [2.45, 2.75) is 26.8 Å². The molecule has 2 N–H and O–H groups in total. The van der Waals surface area contributed by atoms with Crippen LogP contribution in [0.25, 0.3) is 10.9 Å². The number of aryl methyl sites for hydroxylation is 3. The number of aromatic nitrogens is 1. The van der Waals surface area contributed by atoms with Gasteiger partial charge in [0, 0.05) is 30.5 Å². The average Bonchev–Trinajstić information content (AvgIpc) is 2.89. The summed E-state index contributed by atoms with van der Waals surface area (Å²) in [6.07, 6.45) is 0. The standard InChI is InChI=1S/C18H23N3O3/c1-10-5-6-11(2)15-14(10)12(3)16(19-15)17(22)21-8-7-20(4)13(9-21)18(23)24/h5-6,13,19H,7-9H2,1-4H3,(H,23,24). The summed E-state index contributed by atoms with van der Waals surface area (Å²) in [5, 5.41) is 10.4. The second-order valence-corrected chi connectivity index (χ2v) is 6.66. The minimum Gasteiger partial charge on any atom is -0.480 e. The van der Waals surface area contributed by atoms with Gasteiger partial charge in [0.1, 0.15) is 11.7 Å². The van der Waals surface area contributed by atoms with Crippen molar-refractivity contribution in [1.29, 1.82) is 0 Å². The zero-order valence-electron chi connectivity index (χ0n) is 14.5. The van der Waals surface area contributed by atoms with Crippen molar-refractivity contribution < 1.29 is 14.7 Å². The highest BCUT2D eigenvalue weighted by molar-refractivity contribution is 6.02. The maximum absolute atomic E-state index is 13.0. The Morgan fingerprint density at radius 2 is 1.83 bits per heavy atom. The van der Waals surface area contributed by atoms with Crippen molar-refractivity contribution in [3.8, 4) is 0 Å². The van der Waals surface area contributed by atoms with Crippen molar-refractivity contribution in [2.75, 3.05) is 26.7 Å². The van der Waals surface area contributed by atoms with Crippen LogP contribution in [0.3, 0.4) is 0 Å². The largest absolute Gasteiger partial charge is 0.480 e. The summed E-state index contributed by atoms with van der Waals surface area (Å²) >= 11 is 0. The molecule has 2 aromatic rings. The molecule has 1 aromatic heterocycles. The molecular weight excluding hydrogens is 306 g/mol. The number of carbonyl (C=O) groups excluding carboxylic acids is 1. The smallest absolute Gasteiger partial charge is 0.322 e. The number of H-pyrrole nitrogens is 1. The van der Waals surface area contributed by atoms with Crippen LogP contribution in [0.15, 0.2) is 12.1 Å². The van der Waals surface area contributed by atoms with Crippen LogP contribution in [0.5, 0.6) is 0 Å². The predicted octanol–water partition coefficient (Wildman–Crippen LogP) is 1.93. The van der Waals surface area contributed by atoms with Gasteiger partial charge in [0.05, 0.1) is 0 Å². The van der Waals surface area contributed by atoms with Crippen LogP contribution in [0.1, 0.15) is 27.2 Å². The summed E-state index contributed by atoms with van der Waals surface area (Å²) in [4.78, 5) is 31.0. The van der Waals surface area contributed by atoms with Gasteiger partial charge in [-0.2, -0.15) is 0 Å². The van der Waals surface area contributed by atoms with Crippen molar-refractivity contribution in [2.24, 2.45) is 0 Å². The maximum atomic E-state index is 13.0. The minimum atomic E-state index is -0.893. The summed E-state index contributed by atoms with van der Waals surface area (Å²) in [5.74, 6) is -1.02. The van der Waals surface area contributed by atoms with Crippen molar-refractivity contribution >= 4 is 22.8 Å². The van der Waals surface area contributed by atoms with E-state index >= 15 is 0 Å². The van der Waals surface area contributed by atoms with Crippen LogP contribution in [0.4, 0.5) is 0 Å². The first-order chi connectivity index (χ1) is 11.3. The summed E-state index contributed by atoms with van der Waals surface area (Å²) in [5.41, 5.74) is 4.71. The Hall–Kier alpha value is -2.34. The molecule has 128 valence electrons. The molecule has 1 aliphatic heterocycles. The molecular formula is C18H23N3O3. The Balaban J connectivity index is 1.97. The highest BCUT2D eigenvalue weighted by atomic mass is 16.4. The van der Waals surface area contributed by atoms with E-state index in [0.29, 0.717) is 18.8 Å². The number of rotatable bonds is 2. The van der Waals surface area contributed by atoms with Gasteiger partial charge in [-0.05, 0) is 44.5 Å². The first-order valence-corrected chi connectivity index (χ1v) is 8.12. The molecule has 24 heavy (non-hydrogen) atoms. The lowest BCUT2D eigenvalue weighted by Crippen LogP contribution is -2.56. The Labute approximate surface area is 141 Å². The molecule has 1 aromatic carbocycles.